The van der Waals surface area contributed by atoms with Gasteiger partial charge < -0.3 is 0 Å². The first kappa shape index (κ1) is 23.1. The first-order chi connectivity index (χ1) is 13.5. The zero-order valence-electron chi connectivity index (χ0n) is 17.4. The van der Waals surface area contributed by atoms with Crippen molar-refractivity contribution in [2.75, 3.05) is 20.3 Å². The Morgan fingerprint density at radius 2 is 1.43 bits per heavy atom. The quantitative estimate of drug-likeness (QED) is 0.440. The van der Waals surface area contributed by atoms with Crippen molar-refractivity contribution in [1.29, 1.82) is 0 Å². The third-order valence-electron chi connectivity index (χ3n) is 4.69. The standard InChI is InChI=1S/C23H31FO3Se/c1-6-26-16(3)20-9-8-10-21(17(4)27-7-2)23(20)28-15-22(25-5)18-11-13-19(24)14-12-18/h8-14,16-17,22H,6-7,15H2,1-5H3/t16-,17-,22+/m1/s1. The van der Waals surface area contributed by atoms with Crippen LogP contribution in [0.5, 0.6) is 0 Å². The van der Waals surface area contributed by atoms with Crippen molar-refractivity contribution in [3.8, 4) is 0 Å². The van der Waals surface area contributed by atoms with Crippen LogP contribution in [0.2, 0.25) is 5.32 Å². The summed E-state index contributed by atoms with van der Waals surface area (Å²) in [5, 5.41) is 0.858. The molecule has 0 bridgehead atoms. The molecule has 0 aliphatic carbocycles. The van der Waals surface area contributed by atoms with E-state index < -0.39 is 0 Å². The fraction of sp³-hybridized carbons (Fsp3) is 0.478. The molecule has 2 rings (SSSR count). The number of hydrogen-bond donors (Lipinski definition) is 0. The summed E-state index contributed by atoms with van der Waals surface area (Å²) in [4.78, 5) is 0. The van der Waals surface area contributed by atoms with Gasteiger partial charge in [-0.15, -0.1) is 0 Å². The molecule has 3 atom stereocenters. The van der Waals surface area contributed by atoms with Crippen LogP contribution in [-0.2, 0) is 14.2 Å². The second-order valence-corrected chi connectivity index (χ2v) is 8.71. The fourth-order valence-electron chi connectivity index (χ4n) is 3.20. The SMILES string of the molecule is CCO[C@H](C)c1cccc([C@@H](C)OCC)c1[Se]C[C@H](OC)c1ccc(F)cc1. The van der Waals surface area contributed by atoms with E-state index in [1.807, 2.05) is 13.8 Å². The Balaban J connectivity index is 2.30. The van der Waals surface area contributed by atoms with E-state index in [1.165, 1.54) is 27.7 Å². The molecule has 2 aromatic rings. The Hall–Kier alpha value is -1.23. The Morgan fingerprint density at radius 1 is 0.893 bits per heavy atom. The van der Waals surface area contributed by atoms with Crippen LogP contribution in [0.25, 0.3) is 0 Å². The van der Waals surface area contributed by atoms with E-state index in [2.05, 4.69) is 32.0 Å². The predicted octanol–water partition coefficient (Wildman–Crippen LogP) is 5.16. The van der Waals surface area contributed by atoms with E-state index in [4.69, 9.17) is 14.2 Å². The maximum atomic E-state index is 13.3. The number of halogens is 1. The molecule has 5 heteroatoms. The summed E-state index contributed by atoms with van der Waals surface area (Å²) < 4.78 is 32.1. The van der Waals surface area contributed by atoms with Gasteiger partial charge in [-0.1, -0.05) is 0 Å². The third-order valence-corrected chi connectivity index (χ3v) is 7.27. The molecule has 0 heterocycles. The first-order valence-corrected chi connectivity index (χ1v) is 11.9. The van der Waals surface area contributed by atoms with Crippen LogP contribution in [0.4, 0.5) is 4.39 Å². The van der Waals surface area contributed by atoms with Crippen molar-refractivity contribution < 1.29 is 18.6 Å². The Kier molecular flexibility index (Phi) is 9.63. The second kappa shape index (κ2) is 11.7. The predicted molar refractivity (Wildman–Crippen MR) is 113 cm³/mol. The van der Waals surface area contributed by atoms with Crippen LogP contribution < -0.4 is 4.46 Å². The molecule has 28 heavy (non-hydrogen) atoms. The minimum atomic E-state index is -0.229. The number of methoxy groups -OCH3 is 1. The van der Waals surface area contributed by atoms with E-state index in [0.717, 1.165) is 10.9 Å². The summed E-state index contributed by atoms with van der Waals surface area (Å²) in [6, 6.07) is 13.0. The van der Waals surface area contributed by atoms with Gasteiger partial charge in [0.25, 0.3) is 0 Å². The van der Waals surface area contributed by atoms with Gasteiger partial charge in [0.05, 0.1) is 0 Å². The molecule has 0 radical (unpaired) electrons. The van der Waals surface area contributed by atoms with Crippen LogP contribution in [0.15, 0.2) is 42.5 Å². The Bertz CT molecular complexity index is 690. The van der Waals surface area contributed by atoms with Crippen LogP contribution in [0, 0.1) is 5.82 Å². The van der Waals surface area contributed by atoms with E-state index in [0.29, 0.717) is 13.2 Å². The molecule has 0 saturated heterocycles. The fourth-order valence-corrected chi connectivity index (χ4v) is 6.23. The van der Waals surface area contributed by atoms with Gasteiger partial charge in [-0.25, -0.2) is 0 Å². The molecule has 0 aliphatic rings. The molecule has 0 spiro atoms. The van der Waals surface area contributed by atoms with Gasteiger partial charge >= 0.3 is 175 Å². The van der Waals surface area contributed by atoms with Crippen molar-refractivity contribution in [2.45, 2.75) is 51.3 Å². The number of benzene rings is 2. The average Bonchev–Trinajstić information content (AvgIpc) is 2.70. The monoisotopic (exact) mass is 454 g/mol. The van der Waals surface area contributed by atoms with Crippen molar-refractivity contribution in [2.24, 2.45) is 0 Å². The molecule has 0 aliphatic heterocycles. The van der Waals surface area contributed by atoms with Crippen LogP contribution in [0.1, 0.15) is 62.7 Å². The number of ether oxygens (including phenoxy) is 3. The van der Waals surface area contributed by atoms with E-state index >= 15 is 0 Å². The van der Waals surface area contributed by atoms with Crippen molar-refractivity contribution >= 4 is 19.4 Å². The topological polar surface area (TPSA) is 27.7 Å². The van der Waals surface area contributed by atoms with Crippen molar-refractivity contribution in [1.82, 2.24) is 0 Å². The Labute approximate surface area is 174 Å². The Morgan fingerprint density at radius 3 is 1.89 bits per heavy atom. The molecule has 0 amide bonds. The molecule has 3 nitrogen and oxygen atoms in total. The van der Waals surface area contributed by atoms with E-state index in [1.54, 1.807) is 19.2 Å². The molecular formula is C23H31FO3Se. The average molecular weight is 453 g/mol. The summed E-state index contributed by atoms with van der Waals surface area (Å²) in [6.07, 6.45) is -0.00348. The molecule has 0 unspecified atom stereocenters. The van der Waals surface area contributed by atoms with Crippen LogP contribution >= 0.6 is 0 Å². The van der Waals surface area contributed by atoms with Gasteiger partial charge in [0.2, 0.25) is 0 Å². The van der Waals surface area contributed by atoms with E-state index in [-0.39, 0.29) is 39.1 Å². The summed E-state index contributed by atoms with van der Waals surface area (Å²) in [5.41, 5.74) is 3.44. The van der Waals surface area contributed by atoms with Gasteiger partial charge in [-0.2, -0.15) is 0 Å². The zero-order valence-corrected chi connectivity index (χ0v) is 19.1. The normalized spacial score (nSPS) is 14.6. The zero-order chi connectivity index (χ0) is 20.5. The van der Waals surface area contributed by atoms with E-state index in [9.17, 15) is 4.39 Å². The van der Waals surface area contributed by atoms with Crippen LogP contribution in [-0.4, -0.2) is 35.3 Å². The maximum absolute atomic E-state index is 13.3. The van der Waals surface area contributed by atoms with Gasteiger partial charge in [0.15, 0.2) is 0 Å². The van der Waals surface area contributed by atoms with Crippen molar-refractivity contribution in [3.05, 3.63) is 65.0 Å². The second-order valence-electron chi connectivity index (χ2n) is 6.55. The molecule has 0 fully saturated rings. The van der Waals surface area contributed by atoms with Gasteiger partial charge in [0, 0.05) is 0 Å². The molecule has 0 aromatic heterocycles. The van der Waals surface area contributed by atoms with Gasteiger partial charge in [-0.3, -0.25) is 0 Å². The minimum absolute atomic E-state index is 0.0301. The molecule has 2 aromatic carbocycles. The summed E-state index contributed by atoms with van der Waals surface area (Å²) >= 11 is 0.151. The van der Waals surface area contributed by atoms with Gasteiger partial charge in [-0.05, 0) is 0 Å². The summed E-state index contributed by atoms with van der Waals surface area (Å²) in [6.45, 7) is 9.58. The van der Waals surface area contributed by atoms with Crippen molar-refractivity contribution in [3.63, 3.8) is 0 Å². The molecular weight excluding hydrogens is 422 g/mol. The molecule has 154 valence electrons. The summed E-state index contributed by atoms with van der Waals surface area (Å²) in [7, 11) is 1.71. The first-order valence-electron chi connectivity index (χ1n) is 9.78. The number of hydrogen-bond acceptors (Lipinski definition) is 3. The molecule has 0 saturated carbocycles. The van der Waals surface area contributed by atoms with Gasteiger partial charge in [0.1, 0.15) is 0 Å². The van der Waals surface area contributed by atoms with Crippen LogP contribution in [0.3, 0.4) is 0 Å². The molecule has 0 N–H and O–H groups in total. The third kappa shape index (κ3) is 6.13. The summed E-state index contributed by atoms with van der Waals surface area (Å²) in [5.74, 6) is -0.229. The number of rotatable bonds is 11.